The maximum absolute atomic E-state index is 5.44. The zero-order valence-corrected chi connectivity index (χ0v) is 8.73. The lowest BCUT2D eigenvalue weighted by Crippen LogP contribution is -2.27. The van der Waals surface area contributed by atoms with Crippen molar-refractivity contribution in [2.75, 3.05) is 7.11 Å². The van der Waals surface area contributed by atoms with Crippen molar-refractivity contribution in [3.63, 3.8) is 0 Å². The number of methoxy groups -OCH3 is 1. The molecule has 0 atom stereocenters. The average molecular weight is 170 g/mol. The van der Waals surface area contributed by atoms with Gasteiger partial charge in [-0.3, -0.25) is 0 Å². The highest BCUT2D eigenvalue weighted by Crippen LogP contribution is 2.31. The highest BCUT2D eigenvalue weighted by molar-refractivity contribution is 4.76. The molecule has 0 saturated heterocycles. The Hall–Kier alpha value is -0.0400. The quantitative estimate of drug-likeness (QED) is 0.631. The molecule has 0 aromatic rings. The lowest BCUT2D eigenvalue weighted by molar-refractivity contribution is -0.00230. The molecular formula is C11H22O. The molecule has 72 valence electrons. The second-order valence-electron chi connectivity index (χ2n) is 4.67. The van der Waals surface area contributed by atoms with Gasteiger partial charge in [0.05, 0.1) is 5.60 Å². The van der Waals surface area contributed by atoms with Crippen LogP contribution in [-0.2, 0) is 4.74 Å². The predicted octanol–water partition coefficient (Wildman–Crippen LogP) is 3.38. The largest absolute Gasteiger partial charge is 0.379 e. The van der Waals surface area contributed by atoms with Gasteiger partial charge in [0.25, 0.3) is 0 Å². The van der Waals surface area contributed by atoms with Gasteiger partial charge in [-0.05, 0) is 26.2 Å². The molecule has 1 heteroatoms. The minimum atomic E-state index is 0.0992. The SMILES string of the molecule is COC(C)(C)CC1CCCCC1. The number of hydrogen-bond donors (Lipinski definition) is 0. The minimum Gasteiger partial charge on any atom is -0.379 e. The van der Waals surface area contributed by atoms with E-state index in [9.17, 15) is 0 Å². The van der Waals surface area contributed by atoms with Gasteiger partial charge in [-0.25, -0.2) is 0 Å². The predicted molar refractivity (Wildman–Crippen MR) is 52.3 cm³/mol. The first-order valence-electron chi connectivity index (χ1n) is 5.19. The molecule has 1 nitrogen and oxygen atoms in total. The Labute approximate surface area is 76.5 Å². The molecule has 1 saturated carbocycles. The van der Waals surface area contributed by atoms with Crippen LogP contribution in [0.4, 0.5) is 0 Å². The summed E-state index contributed by atoms with van der Waals surface area (Å²) in [5, 5.41) is 0. The molecular weight excluding hydrogens is 148 g/mol. The van der Waals surface area contributed by atoms with E-state index in [0.29, 0.717) is 0 Å². The van der Waals surface area contributed by atoms with Crippen LogP contribution < -0.4 is 0 Å². The Morgan fingerprint density at radius 3 is 2.25 bits per heavy atom. The van der Waals surface area contributed by atoms with Crippen molar-refractivity contribution in [2.24, 2.45) is 5.92 Å². The van der Waals surface area contributed by atoms with Crippen LogP contribution in [-0.4, -0.2) is 12.7 Å². The van der Waals surface area contributed by atoms with E-state index in [0.717, 1.165) is 5.92 Å². The van der Waals surface area contributed by atoms with Crippen LogP contribution in [0.3, 0.4) is 0 Å². The van der Waals surface area contributed by atoms with E-state index in [1.807, 2.05) is 7.11 Å². The lowest BCUT2D eigenvalue weighted by Gasteiger charge is -2.30. The summed E-state index contributed by atoms with van der Waals surface area (Å²) in [6.07, 6.45) is 8.40. The van der Waals surface area contributed by atoms with Crippen LogP contribution >= 0.6 is 0 Å². The Kier molecular flexibility index (Phi) is 3.57. The van der Waals surface area contributed by atoms with Gasteiger partial charge in [-0.1, -0.05) is 32.1 Å². The Morgan fingerprint density at radius 2 is 1.75 bits per heavy atom. The molecule has 0 aromatic carbocycles. The zero-order chi connectivity index (χ0) is 9.03. The van der Waals surface area contributed by atoms with Gasteiger partial charge >= 0.3 is 0 Å². The molecule has 0 radical (unpaired) electrons. The second kappa shape index (κ2) is 4.27. The number of hydrogen-bond acceptors (Lipinski definition) is 1. The van der Waals surface area contributed by atoms with Gasteiger partial charge in [0.15, 0.2) is 0 Å². The van der Waals surface area contributed by atoms with Crippen LogP contribution in [0.1, 0.15) is 52.4 Å². The highest BCUT2D eigenvalue weighted by atomic mass is 16.5. The van der Waals surface area contributed by atoms with Crippen molar-refractivity contribution < 1.29 is 4.74 Å². The Bertz CT molecular complexity index is 123. The van der Waals surface area contributed by atoms with E-state index in [1.165, 1.54) is 38.5 Å². The maximum atomic E-state index is 5.44. The molecule has 0 heterocycles. The molecule has 12 heavy (non-hydrogen) atoms. The Morgan fingerprint density at radius 1 is 1.17 bits per heavy atom. The lowest BCUT2D eigenvalue weighted by atomic mass is 9.82. The molecule has 0 amide bonds. The van der Waals surface area contributed by atoms with Crippen molar-refractivity contribution in [3.05, 3.63) is 0 Å². The van der Waals surface area contributed by atoms with Gasteiger partial charge in [-0.15, -0.1) is 0 Å². The molecule has 0 aromatic heterocycles. The first kappa shape index (κ1) is 10.0. The fourth-order valence-corrected chi connectivity index (χ4v) is 2.17. The molecule has 1 aliphatic carbocycles. The van der Waals surface area contributed by atoms with E-state index >= 15 is 0 Å². The van der Waals surface area contributed by atoms with Crippen molar-refractivity contribution in [3.8, 4) is 0 Å². The maximum Gasteiger partial charge on any atom is 0.0625 e. The molecule has 0 spiro atoms. The van der Waals surface area contributed by atoms with Crippen LogP contribution in [0.5, 0.6) is 0 Å². The smallest absolute Gasteiger partial charge is 0.0625 e. The standard InChI is InChI=1S/C11H22O/c1-11(2,12-3)9-10-7-5-4-6-8-10/h10H,4-9H2,1-3H3. The van der Waals surface area contributed by atoms with Crippen LogP contribution in [0.25, 0.3) is 0 Å². The van der Waals surface area contributed by atoms with E-state index in [-0.39, 0.29) is 5.60 Å². The van der Waals surface area contributed by atoms with Crippen LogP contribution in [0.15, 0.2) is 0 Å². The van der Waals surface area contributed by atoms with Gasteiger partial charge in [0, 0.05) is 7.11 Å². The highest BCUT2D eigenvalue weighted by Gasteiger charge is 2.23. The minimum absolute atomic E-state index is 0.0992. The third kappa shape index (κ3) is 3.14. The molecule has 1 aliphatic rings. The summed E-state index contributed by atoms with van der Waals surface area (Å²) in [5.41, 5.74) is 0.0992. The molecule has 0 bridgehead atoms. The third-order valence-corrected chi connectivity index (χ3v) is 3.06. The Balaban J connectivity index is 2.28. The van der Waals surface area contributed by atoms with Gasteiger partial charge < -0.3 is 4.74 Å². The normalized spacial score (nSPS) is 21.2. The summed E-state index contributed by atoms with van der Waals surface area (Å²) in [6.45, 7) is 4.39. The zero-order valence-electron chi connectivity index (χ0n) is 8.73. The fourth-order valence-electron chi connectivity index (χ4n) is 2.17. The number of rotatable bonds is 3. The summed E-state index contributed by atoms with van der Waals surface area (Å²) in [7, 11) is 1.82. The van der Waals surface area contributed by atoms with Crippen molar-refractivity contribution in [1.82, 2.24) is 0 Å². The van der Waals surface area contributed by atoms with Gasteiger partial charge in [-0.2, -0.15) is 0 Å². The van der Waals surface area contributed by atoms with E-state index in [2.05, 4.69) is 13.8 Å². The second-order valence-corrected chi connectivity index (χ2v) is 4.67. The van der Waals surface area contributed by atoms with Crippen molar-refractivity contribution in [2.45, 2.75) is 58.0 Å². The first-order valence-corrected chi connectivity index (χ1v) is 5.19. The summed E-state index contributed by atoms with van der Waals surface area (Å²) in [4.78, 5) is 0. The van der Waals surface area contributed by atoms with Crippen LogP contribution in [0, 0.1) is 5.92 Å². The van der Waals surface area contributed by atoms with Crippen molar-refractivity contribution >= 4 is 0 Å². The molecule has 0 aliphatic heterocycles. The first-order chi connectivity index (χ1) is 5.64. The van der Waals surface area contributed by atoms with E-state index < -0.39 is 0 Å². The molecule has 1 rings (SSSR count). The average Bonchev–Trinajstić information content (AvgIpc) is 2.06. The monoisotopic (exact) mass is 170 g/mol. The summed E-state index contributed by atoms with van der Waals surface area (Å²) in [5.74, 6) is 0.925. The van der Waals surface area contributed by atoms with Gasteiger partial charge in [0.2, 0.25) is 0 Å². The molecule has 0 N–H and O–H groups in total. The topological polar surface area (TPSA) is 9.23 Å². The summed E-state index contributed by atoms with van der Waals surface area (Å²) in [6, 6.07) is 0. The summed E-state index contributed by atoms with van der Waals surface area (Å²) >= 11 is 0. The molecule has 0 unspecified atom stereocenters. The number of ether oxygens (including phenoxy) is 1. The third-order valence-electron chi connectivity index (χ3n) is 3.06. The van der Waals surface area contributed by atoms with Crippen LogP contribution in [0.2, 0.25) is 0 Å². The molecule has 1 fully saturated rings. The fraction of sp³-hybridized carbons (Fsp3) is 1.00. The van der Waals surface area contributed by atoms with Gasteiger partial charge in [0.1, 0.15) is 0 Å². The van der Waals surface area contributed by atoms with Crippen molar-refractivity contribution in [1.29, 1.82) is 0 Å². The van der Waals surface area contributed by atoms with E-state index in [4.69, 9.17) is 4.74 Å². The van der Waals surface area contributed by atoms with E-state index in [1.54, 1.807) is 0 Å². The summed E-state index contributed by atoms with van der Waals surface area (Å²) < 4.78 is 5.44.